The summed E-state index contributed by atoms with van der Waals surface area (Å²) in [7, 11) is 0. The Hall–Kier alpha value is -1.39. The van der Waals surface area contributed by atoms with Crippen molar-refractivity contribution in [3.05, 3.63) is 34.9 Å². The minimum atomic E-state index is -1.08. The number of carbonyl (C=O) groups is 1. The van der Waals surface area contributed by atoms with Gasteiger partial charge in [-0.2, -0.15) is 0 Å². The highest BCUT2D eigenvalue weighted by atomic mass is 16.5. The SMILES string of the molecule is Cc1ccc(C)c(C(C)(NCC2CCCO2)C(=O)O)c1. The smallest absolute Gasteiger partial charge is 0.328 e. The summed E-state index contributed by atoms with van der Waals surface area (Å²) in [4.78, 5) is 11.8. The van der Waals surface area contributed by atoms with E-state index in [1.54, 1.807) is 6.92 Å². The van der Waals surface area contributed by atoms with E-state index in [2.05, 4.69) is 5.32 Å². The monoisotopic (exact) mass is 277 g/mol. The molecule has 2 N–H and O–H groups in total. The maximum atomic E-state index is 11.8. The van der Waals surface area contributed by atoms with Crippen LogP contribution in [-0.2, 0) is 15.1 Å². The van der Waals surface area contributed by atoms with E-state index in [9.17, 15) is 9.90 Å². The third-order valence-corrected chi connectivity index (χ3v) is 4.07. The summed E-state index contributed by atoms with van der Waals surface area (Å²) in [6.45, 7) is 7.00. The molecule has 0 saturated carbocycles. The summed E-state index contributed by atoms with van der Waals surface area (Å²) in [5.74, 6) is -0.857. The van der Waals surface area contributed by atoms with Gasteiger partial charge >= 0.3 is 5.97 Å². The Labute approximate surface area is 120 Å². The van der Waals surface area contributed by atoms with Crippen LogP contribution in [0.15, 0.2) is 18.2 Å². The summed E-state index contributed by atoms with van der Waals surface area (Å²) >= 11 is 0. The first kappa shape index (κ1) is 15.0. The second-order valence-corrected chi connectivity index (χ2v) is 5.76. The Kier molecular flexibility index (Phi) is 4.45. The minimum absolute atomic E-state index is 0.124. The highest BCUT2D eigenvalue weighted by Gasteiger charge is 2.37. The first-order chi connectivity index (χ1) is 9.43. The van der Waals surface area contributed by atoms with Crippen LogP contribution in [0.25, 0.3) is 0 Å². The largest absolute Gasteiger partial charge is 0.480 e. The van der Waals surface area contributed by atoms with Crippen LogP contribution in [0.3, 0.4) is 0 Å². The molecule has 1 heterocycles. The summed E-state index contributed by atoms with van der Waals surface area (Å²) in [6, 6.07) is 5.92. The van der Waals surface area contributed by atoms with E-state index in [-0.39, 0.29) is 6.10 Å². The lowest BCUT2D eigenvalue weighted by atomic mass is 9.87. The second kappa shape index (κ2) is 5.94. The molecule has 1 saturated heterocycles. The molecule has 2 rings (SSSR count). The number of hydrogen-bond donors (Lipinski definition) is 2. The van der Waals surface area contributed by atoms with E-state index >= 15 is 0 Å². The van der Waals surface area contributed by atoms with Gasteiger partial charge < -0.3 is 9.84 Å². The van der Waals surface area contributed by atoms with Gasteiger partial charge in [-0.15, -0.1) is 0 Å². The molecule has 0 aromatic heterocycles. The molecule has 0 radical (unpaired) electrons. The number of ether oxygens (including phenoxy) is 1. The van der Waals surface area contributed by atoms with Crippen molar-refractivity contribution < 1.29 is 14.6 Å². The number of aliphatic carboxylic acids is 1. The van der Waals surface area contributed by atoms with Gasteiger partial charge in [0.1, 0.15) is 5.54 Å². The van der Waals surface area contributed by atoms with Gasteiger partial charge in [-0.25, -0.2) is 4.79 Å². The number of carboxylic acids is 1. The summed E-state index contributed by atoms with van der Waals surface area (Å²) in [6.07, 6.45) is 2.17. The maximum Gasteiger partial charge on any atom is 0.328 e. The molecule has 4 heteroatoms. The predicted molar refractivity (Wildman–Crippen MR) is 77.9 cm³/mol. The summed E-state index contributed by atoms with van der Waals surface area (Å²) in [5, 5.41) is 12.9. The summed E-state index contributed by atoms with van der Waals surface area (Å²) < 4.78 is 5.56. The Bertz CT molecular complexity index is 494. The van der Waals surface area contributed by atoms with Crippen LogP contribution in [-0.4, -0.2) is 30.3 Å². The van der Waals surface area contributed by atoms with E-state index in [0.29, 0.717) is 6.54 Å². The number of aryl methyl sites for hydroxylation is 2. The topological polar surface area (TPSA) is 58.6 Å². The number of hydrogen-bond acceptors (Lipinski definition) is 3. The molecule has 1 fully saturated rings. The fourth-order valence-electron chi connectivity index (χ4n) is 2.68. The lowest BCUT2D eigenvalue weighted by molar-refractivity contribution is -0.144. The molecule has 4 nitrogen and oxygen atoms in total. The van der Waals surface area contributed by atoms with E-state index in [0.717, 1.165) is 36.1 Å². The van der Waals surface area contributed by atoms with Crippen molar-refractivity contribution in [1.82, 2.24) is 5.32 Å². The van der Waals surface area contributed by atoms with Gasteiger partial charge in [-0.1, -0.05) is 23.8 Å². The highest BCUT2D eigenvalue weighted by molar-refractivity contribution is 5.81. The molecule has 0 aliphatic carbocycles. The third-order valence-electron chi connectivity index (χ3n) is 4.07. The van der Waals surface area contributed by atoms with E-state index < -0.39 is 11.5 Å². The van der Waals surface area contributed by atoms with E-state index in [4.69, 9.17) is 4.74 Å². The van der Waals surface area contributed by atoms with Gasteiger partial charge in [0.25, 0.3) is 0 Å². The van der Waals surface area contributed by atoms with Crippen molar-refractivity contribution in [3.8, 4) is 0 Å². The lowest BCUT2D eigenvalue weighted by Gasteiger charge is -2.30. The zero-order valence-corrected chi connectivity index (χ0v) is 12.4. The van der Waals surface area contributed by atoms with Crippen LogP contribution in [0.5, 0.6) is 0 Å². The quantitative estimate of drug-likeness (QED) is 0.867. The summed E-state index contributed by atoms with van der Waals surface area (Å²) in [5.41, 5.74) is 1.79. The standard InChI is InChI=1S/C16H23NO3/c1-11-6-7-12(2)14(9-11)16(3,15(18)19)17-10-13-5-4-8-20-13/h6-7,9,13,17H,4-5,8,10H2,1-3H3,(H,18,19). The third kappa shape index (κ3) is 3.02. The minimum Gasteiger partial charge on any atom is -0.480 e. The molecular weight excluding hydrogens is 254 g/mol. The van der Waals surface area contributed by atoms with Gasteiger partial charge in [0, 0.05) is 13.2 Å². The van der Waals surface area contributed by atoms with Crippen LogP contribution >= 0.6 is 0 Å². The fourth-order valence-corrected chi connectivity index (χ4v) is 2.68. The Morgan fingerprint density at radius 1 is 1.50 bits per heavy atom. The first-order valence-corrected chi connectivity index (χ1v) is 7.11. The molecule has 1 aliphatic heterocycles. The van der Waals surface area contributed by atoms with Gasteiger partial charge in [0.05, 0.1) is 6.10 Å². The Morgan fingerprint density at radius 3 is 2.85 bits per heavy atom. The van der Waals surface area contributed by atoms with Crippen LogP contribution in [0.1, 0.15) is 36.5 Å². The molecule has 0 bridgehead atoms. The van der Waals surface area contributed by atoms with Crippen LogP contribution in [0.2, 0.25) is 0 Å². The molecule has 1 aromatic carbocycles. The molecule has 1 aliphatic rings. The number of carboxylic acid groups (broad SMARTS) is 1. The molecule has 1 aromatic rings. The highest BCUT2D eigenvalue weighted by Crippen LogP contribution is 2.26. The molecule has 2 atom stereocenters. The van der Waals surface area contributed by atoms with Gasteiger partial charge in [0.15, 0.2) is 0 Å². The molecule has 0 spiro atoms. The maximum absolute atomic E-state index is 11.8. The van der Waals surface area contributed by atoms with Crippen LogP contribution in [0.4, 0.5) is 0 Å². The number of rotatable bonds is 5. The van der Waals surface area contributed by atoms with Crippen molar-refractivity contribution in [2.45, 2.75) is 45.3 Å². The average Bonchev–Trinajstić information content (AvgIpc) is 2.92. The van der Waals surface area contributed by atoms with Crippen molar-refractivity contribution in [3.63, 3.8) is 0 Å². The van der Waals surface area contributed by atoms with Crippen molar-refractivity contribution >= 4 is 5.97 Å². The van der Waals surface area contributed by atoms with Crippen LogP contribution < -0.4 is 5.32 Å². The molecule has 0 amide bonds. The lowest BCUT2D eigenvalue weighted by Crippen LogP contribution is -2.49. The first-order valence-electron chi connectivity index (χ1n) is 7.11. The zero-order chi connectivity index (χ0) is 14.8. The Balaban J connectivity index is 2.23. The predicted octanol–water partition coefficient (Wildman–Crippen LogP) is 2.37. The molecule has 20 heavy (non-hydrogen) atoms. The average molecular weight is 277 g/mol. The zero-order valence-electron chi connectivity index (χ0n) is 12.4. The number of nitrogens with one attached hydrogen (secondary N) is 1. The van der Waals surface area contributed by atoms with Gasteiger partial charge in [-0.05, 0) is 44.7 Å². The molecule has 2 unspecified atom stereocenters. The van der Waals surface area contributed by atoms with Crippen molar-refractivity contribution in [1.29, 1.82) is 0 Å². The molecular formula is C16H23NO3. The van der Waals surface area contributed by atoms with Gasteiger partial charge in [0.2, 0.25) is 0 Å². The number of benzene rings is 1. The molecule has 110 valence electrons. The van der Waals surface area contributed by atoms with Crippen molar-refractivity contribution in [2.75, 3.05) is 13.2 Å². The van der Waals surface area contributed by atoms with E-state index in [1.165, 1.54) is 0 Å². The second-order valence-electron chi connectivity index (χ2n) is 5.76. The fraction of sp³-hybridized carbons (Fsp3) is 0.562. The van der Waals surface area contributed by atoms with E-state index in [1.807, 2.05) is 32.0 Å². The normalized spacial score (nSPS) is 21.6. The van der Waals surface area contributed by atoms with Gasteiger partial charge in [-0.3, -0.25) is 5.32 Å². The van der Waals surface area contributed by atoms with Crippen LogP contribution in [0, 0.1) is 13.8 Å². The van der Waals surface area contributed by atoms with Crippen molar-refractivity contribution in [2.24, 2.45) is 0 Å². The Morgan fingerprint density at radius 2 is 2.25 bits per heavy atom.